The molecule has 0 spiro atoms. The minimum atomic E-state index is -0.0515. The molecule has 0 fully saturated rings. The molecule has 2 heteroatoms. The summed E-state index contributed by atoms with van der Waals surface area (Å²) in [7, 11) is 0. The second-order valence-corrected chi connectivity index (χ2v) is 15.3. The van der Waals surface area contributed by atoms with E-state index in [9.17, 15) is 0 Å². The van der Waals surface area contributed by atoms with Crippen molar-refractivity contribution < 1.29 is 0 Å². The van der Waals surface area contributed by atoms with Crippen LogP contribution in [-0.4, -0.2) is 9.13 Å². The summed E-state index contributed by atoms with van der Waals surface area (Å²) in [6.45, 7) is 4.72. The Morgan fingerprint density at radius 2 is 1.04 bits per heavy atom. The third-order valence-corrected chi connectivity index (χ3v) is 12.0. The van der Waals surface area contributed by atoms with Crippen molar-refractivity contribution in [3.63, 3.8) is 0 Å². The van der Waals surface area contributed by atoms with Crippen LogP contribution < -0.4 is 0 Å². The third-order valence-electron chi connectivity index (χ3n) is 12.0. The number of hydrogen-bond acceptors (Lipinski definition) is 0. The normalized spacial score (nSPS) is 14.8. The molecule has 53 heavy (non-hydrogen) atoms. The maximum atomic E-state index is 2.50. The van der Waals surface area contributed by atoms with Crippen LogP contribution >= 0.6 is 0 Å². The van der Waals surface area contributed by atoms with Crippen LogP contribution in [0.2, 0.25) is 0 Å². The van der Waals surface area contributed by atoms with Gasteiger partial charge in [-0.25, -0.2) is 0 Å². The van der Waals surface area contributed by atoms with Crippen molar-refractivity contribution in [2.24, 2.45) is 0 Å². The summed E-state index contributed by atoms with van der Waals surface area (Å²) < 4.78 is 4.96. The minimum absolute atomic E-state index is 0.0515. The zero-order valence-corrected chi connectivity index (χ0v) is 30.0. The zero-order chi connectivity index (χ0) is 35.3. The molecular formula is C51H38N2. The molecule has 2 heterocycles. The number of nitrogens with zero attached hydrogens (tertiary/aromatic N) is 2. The van der Waals surface area contributed by atoms with Gasteiger partial charge in [0.1, 0.15) is 0 Å². The van der Waals surface area contributed by atoms with Crippen molar-refractivity contribution in [2.75, 3.05) is 0 Å². The quantitative estimate of drug-likeness (QED) is 0.175. The lowest BCUT2D eigenvalue weighted by molar-refractivity contribution is 0.660. The molecule has 0 aliphatic heterocycles. The molecule has 11 rings (SSSR count). The molecule has 2 aliphatic carbocycles. The smallest absolute Gasteiger partial charge is 0.0541 e. The molecule has 0 amide bonds. The average Bonchev–Trinajstić information content (AvgIpc) is 3.81. The van der Waals surface area contributed by atoms with E-state index >= 15 is 0 Å². The van der Waals surface area contributed by atoms with Crippen molar-refractivity contribution in [3.05, 3.63) is 187 Å². The maximum absolute atomic E-state index is 2.50. The van der Waals surface area contributed by atoms with Gasteiger partial charge in [-0.3, -0.25) is 0 Å². The molecule has 0 saturated carbocycles. The lowest BCUT2D eigenvalue weighted by Gasteiger charge is -2.22. The van der Waals surface area contributed by atoms with E-state index in [0.717, 1.165) is 12.8 Å². The summed E-state index contributed by atoms with van der Waals surface area (Å²) in [5.74, 6) is 0. The van der Waals surface area contributed by atoms with Gasteiger partial charge in [0.15, 0.2) is 0 Å². The number of para-hydroxylation sites is 2. The summed E-state index contributed by atoms with van der Waals surface area (Å²) in [5.41, 5.74) is 18.0. The van der Waals surface area contributed by atoms with Crippen LogP contribution in [0.25, 0.3) is 82.8 Å². The monoisotopic (exact) mass is 678 g/mol. The molecule has 0 saturated heterocycles. The van der Waals surface area contributed by atoms with Crippen molar-refractivity contribution in [1.82, 2.24) is 9.13 Å². The van der Waals surface area contributed by atoms with Crippen molar-refractivity contribution >= 4 is 54.9 Å². The molecule has 0 radical (unpaired) electrons. The molecule has 0 atom stereocenters. The standard InChI is InChI=1S/C51H38N2/c1-51(2)45-20-9-6-17-39(45)40-26-25-38(32-46(40)51)53-48-22-11-8-19-42(48)44-31-36(24-28-50(44)53)35-23-27-49-43(30-35)41-18-7-10-21-47(41)52(49)37-16-12-15-34(29-37)33-13-4-3-5-14-33/h3-11,13-15,17-32H,12,16H2,1-2H3. The van der Waals surface area contributed by atoms with Gasteiger partial charge in [-0.15, -0.1) is 0 Å². The van der Waals surface area contributed by atoms with Crippen molar-refractivity contribution in [3.8, 4) is 27.9 Å². The van der Waals surface area contributed by atoms with E-state index in [1.165, 1.54) is 99.5 Å². The first-order valence-corrected chi connectivity index (χ1v) is 18.8. The van der Waals surface area contributed by atoms with Gasteiger partial charge in [0.05, 0.1) is 22.1 Å². The fraction of sp³-hybridized carbons (Fsp3) is 0.0980. The summed E-state index contributed by atoms with van der Waals surface area (Å²) in [5, 5.41) is 5.13. The number of rotatable bonds is 4. The van der Waals surface area contributed by atoms with Crippen LogP contribution in [0.1, 0.15) is 43.4 Å². The SMILES string of the molecule is CC1(C)c2ccccc2-c2ccc(-n3c4ccccc4c4cc(-c5ccc6c(c5)c5ccccc5n6C5=CC(c6ccccc6)=CCC5)ccc43)cc21. The summed E-state index contributed by atoms with van der Waals surface area (Å²) in [6.07, 6.45) is 6.82. The second-order valence-electron chi connectivity index (χ2n) is 15.3. The first kappa shape index (κ1) is 30.3. The Balaban J connectivity index is 1.05. The van der Waals surface area contributed by atoms with Gasteiger partial charge in [0, 0.05) is 38.3 Å². The Morgan fingerprint density at radius 3 is 1.77 bits per heavy atom. The summed E-state index contributed by atoms with van der Waals surface area (Å²) in [6, 6.07) is 58.6. The molecule has 0 bridgehead atoms. The van der Waals surface area contributed by atoms with E-state index < -0.39 is 0 Å². The largest absolute Gasteiger partial charge is 0.313 e. The Morgan fingerprint density at radius 1 is 0.453 bits per heavy atom. The molecule has 7 aromatic carbocycles. The topological polar surface area (TPSA) is 9.86 Å². The van der Waals surface area contributed by atoms with Crippen LogP contribution in [-0.2, 0) is 5.41 Å². The van der Waals surface area contributed by atoms with Gasteiger partial charge in [-0.05, 0) is 112 Å². The predicted octanol–water partition coefficient (Wildman–Crippen LogP) is 13.6. The van der Waals surface area contributed by atoms with Crippen LogP contribution in [0.5, 0.6) is 0 Å². The number of fused-ring (bicyclic) bond motifs is 9. The van der Waals surface area contributed by atoms with Crippen LogP contribution in [0.3, 0.4) is 0 Å². The Bertz CT molecular complexity index is 3020. The van der Waals surface area contributed by atoms with E-state index in [-0.39, 0.29) is 5.41 Å². The fourth-order valence-electron chi connectivity index (χ4n) is 9.42. The van der Waals surface area contributed by atoms with E-state index in [4.69, 9.17) is 0 Å². The maximum Gasteiger partial charge on any atom is 0.0541 e. The first-order chi connectivity index (χ1) is 26.0. The lowest BCUT2D eigenvalue weighted by atomic mass is 9.82. The summed E-state index contributed by atoms with van der Waals surface area (Å²) in [4.78, 5) is 0. The van der Waals surface area contributed by atoms with Gasteiger partial charge in [-0.1, -0.05) is 129 Å². The zero-order valence-electron chi connectivity index (χ0n) is 30.0. The minimum Gasteiger partial charge on any atom is -0.313 e. The Labute approximate surface area is 309 Å². The molecule has 2 aromatic heterocycles. The predicted molar refractivity (Wildman–Crippen MR) is 225 cm³/mol. The van der Waals surface area contributed by atoms with E-state index in [2.05, 4.69) is 193 Å². The third kappa shape index (κ3) is 4.45. The number of allylic oxidation sites excluding steroid dienone is 4. The molecule has 2 nitrogen and oxygen atoms in total. The van der Waals surface area contributed by atoms with Crippen LogP contribution in [0, 0.1) is 0 Å². The average molecular weight is 679 g/mol. The molecule has 0 N–H and O–H groups in total. The molecule has 9 aromatic rings. The molecule has 252 valence electrons. The Hall–Kier alpha value is -6.38. The Kier molecular flexibility index (Phi) is 6.46. The first-order valence-electron chi connectivity index (χ1n) is 18.8. The molecule has 0 unspecified atom stereocenters. The highest BCUT2D eigenvalue weighted by Gasteiger charge is 2.35. The van der Waals surface area contributed by atoms with Crippen molar-refractivity contribution in [2.45, 2.75) is 32.1 Å². The van der Waals surface area contributed by atoms with Gasteiger partial charge >= 0.3 is 0 Å². The van der Waals surface area contributed by atoms with E-state index in [0.29, 0.717) is 0 Å². The number of aromatic nitrogens is 2. The van der Waals surface area contributed by atoms with Gasteiger partial charge in [-0.2, -0.15) is 0 Å². The fourth-order valence-corrected chi connectivity index (χ4v) is 9.42. The highest BCUT2D eigenvalue weighted by atomic mass is 15.0. The van der Waals surface area contributed by atoms with Gasteiger partial charge in [0.25, 0.3) is 0 Å². The van der Waals surface area contributed by atoms with E-state index in [1.54, 1.807) is 0 Å². The number of benzene rings is 7. The van der Waals surface area contributed by atoms with Crippen LogP contribution in [0.4, 0.5) is 0 Å². The molecule has 2 aliphatic rings. The highest BCUT2D eigenvalue weighted by molar-refractivity contribution is 6.13. The molecular weight excluding hydrogens is 641 g/mol. The number of hydrogen-bond donors (Lipinski definition) is 0. The lowest BCUT2D eigenvalue weighted by Crippen LogP contribution is -2.15. The van der Waals surface area contributed by atoms with E-state index in [1.807, 2.05) is 0 Å². The second kappa shape index (κ2) is 11.3. The van der Waals surface area contributed by atoms with Gasteiger partial charge in [0.2, 0.25) is 0 Å². The highest BCUT2D eigenvalue weighted by Crippen LogP contribution is 2.49. The van der Waals surface area contributed by atoms with Crippen molar-refractivity contribution in [1.29, 1.82) is 0 Å². The summed E-state index contributed by atoms with van der Waals surface area (Å²) >= 11 is 0. The van der Waals surface area contributed by atoms with Gasteiger partial charge < -0.3 is 9.13 Å². The van der Waals surface area contributed by atoms with Crippen LogP contribution in [0.15, 0.2) is 170 Å².